The highest BCUT2D eigenvalue weighted by atomic mass is 19.4. The maximum Gasteiger partial charge on any atom is 0.416 e. The molecule has 0 aliphatic rings. The lowest BCUT2D eigenvalue weighted by molar-refractivity contribution is -0.139. The van der Waals surface area contributed by atoms with Crippen molar-refractivity contribution in [2.75, 3.05) is 20.2 Å². The number of nitrogens with zero attached hydrogens (tertiary/aromatic N) is 3. The lowest BCUT2D eigenvalue weighted by Gasteiger charge is -2.33. The molecule has 3 aromatic carbocycles. The normalized spacial score (nSPS) is 12.2. The molecule has 51 heavy (non-hydrogen) atoms. The summed E-state index contributed by atoms with van der Waals surface area (Å²) in [6, 6.07) is 13.8. The van der Waals surface area contributed by atoms with E-state index in [1.165, 1.54) is 32.2 Å². The van der Waals surface area contributed by atoms with E-state index in [9.17, 15) is 42.6 Å². The van der Waals surface area contributed by atoms with Gasteiger partial charge in [0.2, 0.25) is 0 Å². The molecule has 1 heterocycles. The lowest BCUT2D eigenvalue weighted by atomic mass is 10.0. The number of carboxylic acids is 2. The highest BCUT2D eigenvalue weighted by Crippen LogP contribution is 2.34. The third-order valence-electron chi connectivity index (χ3n) is 8.53. The van der Waals surface area contributed by atoms with Gasteiger partial charge in [0.15, 0.2) is 11.6 Å². The average Bonchev–Trinajstić information content (AvgIpc) is 3.07. The molecule has 272 valence electrons. The number of rotatable bonds is 16. The molecule has 15 heteroatoms. The zero-order chi connectivity index (χ0) is 37.5. The van der Waals surface area contributed by atoms with Gasteiger partial charge in [-0.1, -0.05) is 48.5 Å². The molecule has 0 radical (unpaired) electrons. The first-order valence-corrected chi connectivity index (χ1v) is 15.9. The van der Waals surface area contributed by atoms with Crippen LogP contribution in [0.15, 0.2) is 76.3 Å². The second-order valence-electron chi connectivity index (χ2n) is 11.8. The maximum atomic E-state index is 15.8. The lowest BCUT2D eigenvalue weighted by Crippen LogP contribution is -2.46. The molecule has 0 amide bonds. The number of hydrogen-bond acceptors (Lipinski definition) is 6. The molecule has 0 bridgehead atoms. The summed E-state index contributed by atoms with van der Waals surface area (Å²) in [5, 5.41) is 18.6. The predicted octanol–water partition coefficient (Wildman–Crippen LogP) is 6.11. The van der Waals surface area contributed by atoms with E-state index < -0.39 is 71.3 Å². The molecule has 4 rings (SSSR count). The molecule has 2 N–H and O–H groups in total. The van der Waals surface area contributed by atoms with Gasteiger partial charge in [0.05, 0.1) is 37.4 Å². The van der Waals surface area contributed by atoms with Crippen molar-refractivity contribution < 1.29 is 46.5 Å². The number of benzene rings is 3. The smallest absolute Gasteiger partial charge is 0.416 e. The van der Waals surface area contributed by atoms with Gasteiger partial charge in [0.25, 0.3) is 5.56 Å². The van der Waals surface area contributed by atoms with Crippen molar-refractivity contribution in [2.45, 2.75) is 57.9 Å². The number of ether oxygens (including phenoxy) is 1. The summed E-state index contributed by atoms with van der Waals surface area (Å²) < 4.78 is 79.7. The standard InChI is InChI=1S/C36H36F5N3O7/c1-22-32(24-12-6-15-29(51-2)33(24)38)34(49)44(35(50)43(22)20-25-26(36(39,40)41)13-7-14-27(25)37)21-28(23-10-4-3-5-11-23)42(18-8-16-30(45)46)19-9-17-31(47)48/h3-7,10-15,28H,8-9,16-21H2,1-2H3,(H,45,46)(H,47,48)/t28-/m0/s1. The van der Waals surface area contributed by atoms with Crippen LogP contribution in [0.25, 0.3) is 11.1 Å². The molecule has 0 unspecified atom stereocenters. The van der Waals surface area contributed by atoms with Crippen molar-refractivity contribution in [2.24, 2.45) is 0 Å². The highest BCUT2D eigenvalue weighted by Gasteiger charge is 2.35. The van der Waals surface area contributed by atoms with Gasteiger partial charge < -0.3 is 14.9 Å². The Hall–Kier alpha value is -5.31. The van der Waals surface area contributed by atoms with Gasteiger partial charge in [-0.25, -0.2) is 13.6 Å². The Morgan fingerprint density at radius 1 is 0.863 bits per heavy atom. The fourth-order valence-corrected chi connectivity index (χ4v) is 6.03. The minimum atomic E-state index is -5.00. The van der Waals surface area contributed by atoms with Crippen LogP contribution >= 0.6 is 0 Å². The molecule has 0 fully saturated rings. The fourth-order valence-electron chi connectivity index (χ4n) is 6.03. The van der Waals surface area contributed by atoms with Crippen molar-refractivity contribution in [1.82, 2.24) is 14.0 Å². The zero-order valence-electron chi connectivity index (χ0n) is 27.8. The van der Waals surface area contributed by atoms with Crippen LogP contribution in [-0.4, -0.2) is 56.4 Å². The van der Waals surface area contributed by atoms with Crippen LogP contribution in [-0.2, 0) is 28.9 Å². The Morgan fingerprint density at radius 3 is 2.04 bits per heavy atom. The third-order valence-corrected chi connectivity index (χ3v) is 8.53. The van der Waals surface area contributed by atoms with Gasteiger partial charge in [0.1, 0.15) is 5.82 Å². The van der Waals surface area contributed by atoms with Crippen LogP contribution in [0.5, 0.6) is 5.75 Å². The molecule has 0 spiro atoms. The Balaban J connectivity index is 2.00. The second kappa shape index (κ2) is 16.6. The van der Waals surface area contributed by atoms with Gasteiger partial charge in [-0.15, -0.1) is 0 Å². The number of methoxy groups -OCH3 is 1. The number of alkyl halides is 3. The van der Waals surface area contributed by atoms with Gasteiger partial charge in [-0.3, -0.25) is 28.4 Å². The number of hydrogen-bond donors (Lipinski definition) is 2. The summed E-state index contributed by atoms with van der Waals surface area (Å²) >= 11 is 0. The highest BCUT2D eigenvalue weighted by molar-refractivity contribution is 5.68. The maximum absolute atomic E-state index is 15.8. The molecule has 0 saturated carbocycles. The van der Waals surface area contributed by atoms with E-state index in [0.29, 0.717) is 11.6 Å². The van der Waals surface area contributed by atoms with Crippen molar-refractivity contribution in [3.8, 4) is 16.9 Å². The number of halogens is 5. The third kappa shape index (κ3) is 9.08. The molecule has 0 aliphatic carbocycles. The number of aromatic nitrogens is 2. The SMILES string of the molecule is COc1cccc(-c2c(C)n(Cc3c(F)cccc3C(F)(F)F)c(=O)n(C[C@@H](c3ccccc3)N(CCCC(=O)O)CCCC(=O)O)c2=O)c1F. The number of aliphatic carboxylic acids is 2. The molecular formula is C36H36F5N3O7. The Kier molecular flexibility index (Phi) is 12.5. The summed E-state index contributed by atoms with van der Waals surface area (Å²) in [5.41, 5.74) is -4.72. The van der Waals surface area contributed by atoms with E-state index in [0.717, 1.165) is 21.3 Å². The van der Waals surface area contributed by atoms with Gasteiger partial charge in [-0.2, -0.15) is 13.2 Å². The number of carboxylic acid groups (broad SMARTS) is 2. The molecule has 0 aliphatic heterocycles. The first kappa shape index (κ1) is 38.5. The number of carbonyl (C=O) groups is 2. The van der Waals surface area contributed by atoms with Crippen molar-refractivity contribution in [3.63, 3.8) is 0 Å². The van der Waals surface area contributed by atoms with Crippen molar-refractivity contribution in [3.05, 3.63) is 122 Å². The first-order valence-electron chi connectivity index (χ1n) is 15.9. The monoisotopic (exact) mass is 717 g/mol. The van der Waals surface area contributed by atoms with E-state index in [1.807, 2.05) is 0 Å². The van der Waals surface area contributed by atoms with E-state index >= 15 is 8.78 Å². The predicted molar refractivity (Wildman–Crippen MR) is 177 cm³/mol. The molecule has 0 saturated heterocycles. The van der Waals surface area contributed by atoms with Crippen LogP contribution in [0.4, 0.5) is 22.0 Å². The Morgan fingerprint density at radius 2 is 1.47 bits per heavy atom. The second-order valence-corrected chi connectivity index (χ2v) is 11.8. The van der Waals surface area contributed by atoms with Crippen LogP contribution in [0.3, 0.4) is 0 Å². The van der Waals surface area contributed by atoms with Gasteiger partial charge in [0, 0.05) is 29.7 Å². The molecule has 10 nitrogen and oxygen atoms in total. The van der Waals surface area contributed by atoms with Gasteiger partial charge in [-0.05, 0) is 56.6 Å². The van der Waals surface area contributed by atoms with Crippen LogP contribution < -0.4 is 16.0 Å². The van der Waals surface area contributed by atoms with Crippen molar-refractivity contribution >= 4 is 11.9 Å². The summed E-state index contributed by atoms with van der Waals surface area (Å²) in [6.07, 6.45) is -5.25. The van der Waals surface area contributed by atoms with E-state index in [4.69, 9.17) is 4.74 Å². The van der Waals surface area contributed by atoms with Crippen LogP contribution in [0, 0.1) is 18.6 Å². The molecule has 1 aromatic heterocycles. The largest absolute Gasteiger partial charge is 0.494 e. The minimum Gasteiger partial charge on any atom is -0.494 e. The minimum absolute atomic E-state index is 0.0990. The molecule has 4 aromatic rings. The summed E-state index contributed by atoms with van der Waals surface area (Å²) in [6.45, 7) is 0.00397. The van der Waals surface area contributed by atoms with E-state index in [-0.39, 0.29) is 61.3 Å². The summed E-state index contributed by atoms with van der Waals surface area (Å²) in [7, 11) is 1.19. The van der Waals surface area contributed by atoms with E-state index in [2.05, 4.69) is 0 Å². The quantitative estimate of drug-likeness (QED) is 0.133. The van der Waals surface area contributed by atoms with E-state index in [1.54, 1.807) is 35.2 Å². The van der Waals surface area contributed by atoms with Crippen LogP contribution in [0.2, 0.25) is 0 Å². The first-order chi connectivity index (χ1) is 24.1. The van der Waals surface area contributed by atoms with Crippen molar-refractivity contribution in [1.29, 1.82) is 0 Å². The molecular weight excluding hydrogens is 681 g/mol. The van der Waals surface area contributed by atoms with Crippen LogP contribution in [0.1, 0.15) is 54.1 Å². The molecule has 1 atom stereocenters. The average molecular weight is 718 g/mol. The Bertz CT molecular complexity index is 1970. The zero-order valence-corrected chi connectivity index (χ0v) is 27.8. The summed E-state index contributed by atoms with van der Waals surface area (Å²) in [5.74, 6) is -4.65. The summed E-state index contributed by atoms with van der Waals surface area (Å²) in [4.78, 5) is 53.1. The Labute approximate surface area is 289 Å². The fraction of sp³-hybridized carbons (Fsp3) is 0.333. The van der Waals surface area contributed by atoms with Gasteiger partial charge >= 0.3 is 23.8 Å². The topological polar surface area (TPSA) is 131 Å².